The van der Waals surface area contributed by atoms with Crippen molar-refractivity contribution in [1.29, 1.82) is 0 Å². The van der Waals surface area contributed by atoms with Crippen LogP contribution in [0.25, 0.3) is 0 Å². The Kier molecular flexibility index (Phi) is 3.24. The van der Waals surface area contributed by atoms with Gasteiger partial charge in [-0.25, -0.2) is 4.39 Å². The van der Waals surface area contributed by atoms with E-state index in [2.05, 4.69) is 0 Å². The minimum atomic E-state index is -0.337. The third-order valence-corrected chi connectivity index (χ3v) is 5.61. The van der Waals surface area contributed by atoms with Gasteiger partial charge in [0.1, 0.15) is 5.82 Å². The van der Waals surface area contributed by atoms with Gasteiger partial charge in [-0.2, -0.15) is 0 Å². The summed E-state index contributed by atoms with van der Waals surface area (Å²) in [6.07, 6.45) is 7.26. The first-order valence-electron chi connectivity index (χ1n) is 8.31. The van der Waals surface area contributed by atoms with Crippen molar-refractivity contribution in [2.45, 2.75) is 44.4 Å². The van der Waals surface area contributed by atoms with Crippen molar-refractivity contribution in [1.82, 2.24) is 4.90 Å². The van der Waals surface area contributed by atoms with E-state index in [9.17, 15) is 9.18 Å². The molecule has 0 bridgehead atoms. The molecule has 1 saturated heterocycles. The number of rotatable bonds is 3. The Morgan fingerprint density at radius 1 is 1.10 bits per heavy atom. The standard InChI is InChI=1S/C18H22FNO/c19-16-6-2-5-15(13-7-8-13)17(16)18(21)20-10-9-14(11-20)12-3-1-4-12/h2,5-6,12-14H,1,3-4,7-11H2. The second-order valence-electron chi connectivity index (χ2n) is 6.97. The molecule has 1 aromatic carbocycles. The average Bonchev–Trinajstić information content (AvgIpc) is 3.15. The summed E-state index contributed by atoms with van der Waals surface area (Å²) in [6.45, 7) is 1.64. The summed E-state index contributed by atoms with van der Waals surface area (Å²) in [4.78, 5) is 14.7. The topological polar surface area (TPSA) is 20.3 Å². The fraction of sp³-hybridized carbons (Fsp3) is 0.611. The number of hydrogen-bond donors (Lipinski definition) is 0. The molecule has 0 aromatic heterocycles. The molecule has 1 aliphatic heterocycles. The van der Waals surface area contributed by atoms with Gasteiger partial charge < -0.3 is 4.90 Å². The Labute approximate surface area is 125 Å². The Morgan fingerprint density at radius 3 is 2.57 bits per heavy atom. The first-order valence-corrected chi connectivity index (χ1v) is 8.31. The van der Waals surface area contributed by atoms with Crippen molar-refractivity contribution in [3.63, 3.8) is 0 Å². The van der Waals surface area contributed by atoms with E-state index >= 15 is 0 Å². The smallest absolute Gasteiger partial charge is 0.257 e. The zero-order chi connectivity index (χ0) is 14.4. The molecule has 1 amide bonds. The zero-order valence-electron chi connectivity index (χ0n) is 12.4. The van der Waals surface area contributed by atoms with Crippen LogP contribution in [0.4, 0.5) is 4.39 Å². The van der Waals surface area contributed by atoms with E-state index in [-0.39, 0.29) is 11.7 Å². The van der Waals surface area contributed by atoms with Gasteiger partial charge in [-0.05, 0) is 48.6 Å². The third kappa shape index (κ3) is 2.37. The lowest BCUT2D eigenvalue weighted by Crippen LogP contribution is -2.32. The number of carbonyl (C=O) groups excluding carboxylic acids is 1. The summed E-state index contributed by atoms with van der Waals surface area (Å²) in [6, 6.07) is 5.10. The van der Waals surface area contributed by atoms with Gasteiger partial charge in [0.05, 0.1) is 5.56 Å². The minimum absolute atomic E-state index is 0.0724. The van der Waals surface area contributed by atoms with Gasteiger partial charge in [-0.3, -0.25) is 4.79 Å². The lowest BCUT2D eigenvalue weighted by molar-refractivity contribution is 0.0769. The van der Waals surface area contributed by atoms with E-state index in [0.29, 0.717) is 17.4 Å². The first kappa shape index (κ1) is 13.3. The Balaban J connectivity index is 1.55. The maximum Gasteiger partial charge on any atom is 0.257 e. The van der Waals surface area contributed by atoms with Gasteiger partial charge in [0, 0.05) is 13.1 Å². The van der Waals surface area contributed by atoms with Gasteiger partial charge in [0.2, 0.25) is 0 Å². The number of benzene rings is 1. The van der Waals surface area contributed by atoms with Crippen LogP contribution in [0.15, 0.2) is 18.2 Å². The second kappa shape index (κ2) is 5.11. The van der Waals surface area contributed by atoms with Gasteiger partial charge in [-0.1, -0.05) is 31.4 Å². The van der Waals surface area contributed by atoms with E-state index in [1.165, 1.54) is 25.3 Å². The average molecular weight is 287 g/mol. The van der Waals surface area contributed by atoms with Crippen molar-refractivity contribution in [3.05, 3.63) is 35.1 Å². The van der Waals surface area contributed by atoms with Crippen LogP contribution in [0.1, 0.15) is 60.4 Å². The molecule has 2 aliphatic carbocycles. The number of carbonyl (C=O) groups is 1. The molecule has 1 aromatic rings. The number of hydrogen-bond acceptors (Lipinski definition) is 1. The molecular formula is C18H22FNO. The summed E-state index contributed by atoms with van der Waals surface area (Å²) >= 11 is 0. The summed E-state index contributed by atoms with van der Waals surface area (Å²) in [5.41, 5.74) is 1.29. The molecule has 1 unspecified atom stereocenters. The minimum Gasteiger partial charge on any atom is -0.338 e. The molecule has 1 atom stereocenters. The Hall–Kier alpha value is -1.38. The van der Waals surface area contributed by atoms with Crippen LogP contribution in [0, 0.1) is 17.7 Å². The maximum atomic E-state index is 14.2. The number of nitrogens with zero attached hydrogens (tertiary/aromatic N) is 1. The predicted octanol–water partition coefficient (Wildman–Crippen LogP) is 3.97. The van der Waals surface area contributed by atoms with E-state index < -0.39 is 0 Å². The van der Waals surface area contributed by atoms with Gasteiger partial charge in [0.15, 0.2) is 0 Å². The molecule has 4 rings (SSSR count). The summed E-state index contributed by atoms with van der Waals surface area (Å²) in [7, 11) is 0. The highest BCUT2D eigenvalue weighted by molar-refractivity contribution is 5.96. The number of amides is 1. The molecule has 3 aliphatic rings. The van der Waals surface area contributed by atoms with Crippen LogP contribution in [-0.2, 0) is 0 Å². The fourth-order valence-electron chi connectivity index (χ4n) is 3.93. The van der Waals surface area contributed by atoms with Crippen molar-refractivity contribution >= 4 is 5.91 Å². The Bertz CT molecular complexity index is 562. The highest BCUT2D eigenvalue weighted by Gasteiger charge is 2.37. The second-order valence-corrected chi connectivity index (χ2v) is 6.97. The summed E-state index contributed by atoms with van der Waals surface area (Å²) in [5, 5.41) is 0. The first-order chi connectivity index (χ1) is 10.2. The molecule has 2 nitrogen and oxygen atoms in total. The van der Waals surface area contributed by atoms with Crippen LogP contribution in [0.3, 0.4) is 0 Å². The van der Waals surface area contributed by atoms with Crippen LogP contribution in [0.5, 0.6) is 0 Å². The molecule has 112 valence electrons. The summed E-state index contributed by atoms with van der Waals surface area (Å²) < 4.78 is 14.2. The van der Waals surface area contributed by atoms with E-state index in [0.717, 1.165) is 43.8 Å². The lowest BCUT2D eigenvalue weighted by atomic mass is 9.75. The maximum absolute atomic E-state index is 14.2. The molecule has 3 fully saturated rings. The van der Waals surface area contributed by atoms with Gasteiger partial charge in [0.25, 0.3) is 5.91 Å². The molecule has 0 N–H and O–H groups in total. The predicted molar refractivity (Wildman–Crippen MR) is 79.7 cm³/mol. The molecule has 3 heteroatoms. The zero-order valence-corrected chi connectivity index (χ0v) is 12.4. The van der Waals surface area contributed by atoms with E-state index in [1.54, 1.807) is 6.07 Å². The van der Waals surface area contributed by atoms with Crippen molar-refractivity contribution < 1.29 is 9.18 Å². The molecule has 1 heterocycles. The quantitative estimate of drug-likeness (QED) is 0.824. The molecular weight excluding hydrogens is 265 g/mol. The van der Waals surface area contributed by atoms with Crippen LogP contribution in [0.2, 0.25) is 0 Å². The van der Waals surface area contributed by atoms with E-state index in [1.807, 2.05) is 11.0 Å². The monoisotopic (exact) mass is 287 g/mol. The van der Waals surface area contributed by atoms with E-state index in [4.69, 9.17) is 0 Å². The fourth-order valence-corrected chi connectivity index (χ4v) is 3.93. The summed E-state index contributed by atoms with van der Waals surface area (Å²) in [5.74, 6) is 1.46. The van der Waals surface area contributed by atoms with Crippen LogP contribution in [-0.4, -0.2) is 23.9 Å². The van der Waals surface area contributed by atoms with Crippen molar-refractivity contribution in [2.24, 2.45) is 11.8 Å². The van der Waals surface area contributed by atoms with Crippen LogP contribution < -0.4 is 0 Å². The van der Waals surface area contributed by atoms with Gasteiger partial charge >= 0.3 is 0 Å². The largest absolute Gasteiger partial charge is 0.338 e. The van der Waals surface area contributed by atoms with Gasteiger partial charge in [-0.15, -0.1) is 0 Å². The number of likely N-dealkylation sites (tertiary alicyclic amines) is 1. The van der Waals surface area contributed by atoms with Crippen LogP contribution >= 0.6 is 0 Å². The third-order valence-electron chi connectivity index (χ3n) is 5.61. The molecule has 0 radical (unpaired) electrons. The number of halogens is 1. The van der Waals surface area contributed by atoms with Crippen molar-refractivity contribution in [3.8, 4) is 0 Å². The highest BCUT2D eigenvalue weighted by atomic mass is 19.1. The lowest BCUT2D eigenvalue weighted by Gasteiger charge is -2.31. The normalized spacial score (nSPS) is 26.0. The molecule has 2 saturated carbocycles. The molecule has 0 spiro atoms. The highest BCUT2D eigenvalue weighted by Crippen LogP contribution is 2.43. The molecule has 21 heavy (non-hydrogen) atoms. The Morgan fingerprint density at radius 2 is 1.90 bits per heavy atom. The SMILES string of the molecule is O=C(c1c(F)cccc1C1CC1)N1CCC(C2CCC2)C1. The van der Waals surface area contributed by atoms with Crippen molar-refractivity contribution in [2.75, 3.05) is 13.1 Å².